The zero-order valence-corrected chi connectivity index (χ0v) is 10.4. The van der Waals surface area contributed by atoms with Crippen molar-refractivity contribution in [2.75, 3.05) is 25.0 Å². The molecule has 0 heterocycles. The average molecular weight is 252 g/mol. The lowest BCUT2D eigenvalue weighted by atomic mass is 10.3. The van der Waals surface area contributed by atoms with Gasteiger partial charge in [0.25, 0.3) is 0 Å². The van der Waals surface area contributed by atoms with Gasteiger partial charge in [0.2, 0.25) is 5.91 Å². The van der Waals surface area contributed by atoms with Gasteiger partial charge < -0.3 is 5.32 Å². The predicted molar refractivity (Wildman–Crippen MR) is 67.8 cm³/mol. The van der Waals surface area contributed by atoms with Crippen molar-refractivity contribution < 1.29 is 4.79 Å². The summed E-state index contributed by atoms with van der Waals surface area (Å²) in [5, 5.41) is 11.8. The normalized spacial score (nSPS) is 10.0. The van der Waals surface area contributed by atoms with E-state index in [4.69, 9.17) is 16.9 Å². The summed E-state index contributed by atoms with van der Waals surface area (Å²) in [6, 6.07) is 9.07. The number of nitriles is 1. The molecule has 1 aromatic carbocycles. The van der Waals surface area contributed by atoms with Gasteiger partial charge in [-0.05, 0) is 18.7 Å². The van der Waals surface area contributed by atoms with Gasteiger partial charge >= 0.3 is 0 Å². The number of hydrogen-bond donors (Lipinski definition) is 1. The molecule has 0 saturated heterocycles. The number of rotatable bonds is 5. The van der Waals surface area contributed by atoms with Crippen LogP contribution in [-0.2, 0) is 4.79 Å². The highest BCUT2D eigenvalue weighted by molar-refractivity contribution is 6.33. The van der Waals surface area contributed by atoms with Gasteiger partial charge in [-0.3, -0.25) is 9.69 Å². The molecule has 0 radical (unpaired) electrons. The number of amides is 1. The van der Waals surface area contributed by atoms with E-state index in [0.29, 0.717) is 17.3 Å². The van der Waals surface area contributed by atoms with Crippen molar-refractivity contribution in [1.82, 2.24) is 4.90 Å². The second-order valence-electron chi connectivity index (χ2n) is 3.49. The number of benzene rings is 1. The maximum Gasteiger partial charge on any atom is 0.238 e. The minimum absolute atomic E-state index is 0.171. The van der Waals surface area contributed by atoms with Crippen LogP contribution in [0.25, 0.3) is 0 Å². The molecule has 90 valence electrons. The molecule has 0 atom stereocenters. The fraction of sp³-hybridized carbons (Fsp3) is 0.333. The van der Waals surface area contributed by atoms with E-state index in [0.717, 1.165) is 0 Å². The van der Waals surface area contributed by atoms with Gasteiger partial charge in [-0.1, -0.05) is 30.7 Å². The highest BCUT2D eigenvalue weighted by Crippen LogP contribution is 2.20. The van der Waals surface area contributed by atoms with Gasteiger partial charge in [-0.25, -0.2) is 0 Å². The Hall–Kier alpha value is -1.57. The third kappa shape index (κ3) is 4.43. The number of carbonyl (C=O) groups is 1. The lowest BCUT2D eigenvalue weighted by molar-refractivity contribution is -0.117. The van der Waals surface area contributed by atoms with Crippen LogP contribution < -0.4 is 5.32 Å². The van der Waals surface area contributed by atoms with Crippen LogP contribution in [0.4, 0.5) is 5.69 Å². The lowest BCUT2D eigenvalue weighted by Gasteiger charge is -2.16. The zero-order valence-electron chi connectivity index (χ0n) is 9.61. The van der Waals surface area contributed by atoms with Crippen molar-refractivity contribution in [2.45, 2.75) is 6.92 Å². The molecule has 1 amide bonds. The van der Waals surface area contributed by atoms with E-state index in [-0.39, 0.29) is 19.0 Å². The van der Waals surface area contributed by atoms with E-state index in [1.807, 2.05) is 13.0 Å². The molecule has 0 fully saturated rings. The Balaban J connectivity index is 2.56. The van der Waals surface area contributed by atoms with Crippen molar-refractivity contribution in [3.63, 3.8) is 0 Å². The topological polar surface area (TPSA) is 56.1 Å². The van der Waals surface area contributed by atoms with Gasteiger partial charge in [0.05, 0.1) is 29.9 Å². The molecule has 5 heteroatoms. The molecule has 0 aliphatic carbocycles. The number of halogens is 1. The number of likely N-dealkylation sites (N-methyl/N-ethyl adjacent to an activating group) is 1. The van der Waals surface area contributed by atoms with Crippen LogP contribution in [0.5, 0.6) is 0 Å². The molecule has 0 aliphatic rings. The number of anilines is 1. The highest BCUT2D eigenvalue weighted by Gasteiger charge is 2.09. The molecule has 4 nitrogen and oxygen atoms in total. The summed E-state index contributed by atoms with van der Waals surface area (Å²) in [6.07, 6.45) is 0. The summed E-state index contributed by atoms with van der Waals surface area (Å²) in [5.41, 5.74) is 0.590. The van der Waals surface area contributed by atoms with E-state index >= 15 is 0 Å². The van der Waals surface area contributed by atoms with E-state index in [2.05, 4.69) is 5.32 Å². The standard InChI is InChI=1S/C12H14ClN3O/c1-2-16(8-7-14)9-12(17)15-11-6-4-3-5-10(11)13/h3-6H,2,8-9H2,1H3,(H,15,17). The molecule has 0 aliphatic heterocycles. The maximum atomic E-state index is 11.7. The zero-order chi connectivity index (χ0) is 12.7. The van der Waals surface area contributed by atoms with E-state index < -0.39 is 0 Å². The molecule has 1 rings (SSSR count). The number of para-hydroxylation sites is 1. The summed E-state index contributed by atoms with van der Waals surface area (Å²) < 4.78 is 0. The minimum Gasteiger partial charge on any atom is -0.324 e. The quantitative estimate of drug-likeness (QED) is 0.816. The van der Waals surface area contributed by atoms with Crippen molar-refractivity contribution in [2.24, 2.45) is 0 Å². The average Bonchev–Trinajstić information content (AvgIpc) is 2.31. The van der Waals surface area contributed by atoms with Gasteiger partial charge in [0, 0.05) is 0 Å². The van der Waals surface area contributed by atoms with Crippen LogP contribution in [0.3, 0.4) is 0 Å². The van der Waals surface area contributed by atoms with Crippen LogP contribution in [0, 0.1) is 11.3 Å². The Morgan fingerprint density at radius 1 is 1.53 bits per heavy atom. The van der Waals surface area contributed by atoms with Crippen LogP contribution in [-0.4, -0.2) is 30.4 Å². The maximum absolute atomic E-state index is 11.7. The fourth-order valence-corrected chi connectivity index (χ4v) is 1.52. The smallest absolute Gasteiger partial charge is 0.238 e. The van der Waals surface area contributed by atoms with Crippen LogP contribution in [0.2, 0.25) is 5.02 Å². The molecule has 0 saturated carbocycles. The van der Waals surface area contributed by atoms with Crippen molar-refractivity contribution >= 4 is 23.2 Å². The number of nitrogens with one attached hydrogen (secondary N) is 1. The molecular formula is C12H14ClN3O. The van der Waals surface area contributed by atoms with Crippen LogP contribution in [0.15, 0.2) is 24.3 Å². The minimum atomic E-state index is -0.171. The summed E-state index contributed by atoms with van der Waals surface area (Å²) in [5.74, 6) is -0.171. The fourth-order valence-electron chi connectivity index (χ4n) is 1.33. The summed E-state index contributed by atoms with van der Waals surface area (Å²) in [6.45, 7) is 2.99. The first-order valence-corrected chi connectivity index (χ1v) is 5.68. The Kier molecular flexibility index (Phi) is 5.47. The lowest BCUT2D eigenvalue weighted by Crippen LogP contribution is -2.33. The molecule has 0 bridgehead atoms. The first kappa shape index (κ1) is 13.5. The van der Waals surface area contributed by atoms with E-state index in [1.165, 1.54) is 0 Å². The molecule has 1 aromatic rings. The van der Waals surface area contributed by atoms with E-state index in [1.54, 1.807) is 29.2 Å². The SMILES string of the molecule is CCN(CC#N)CC(=O)Nc1ccccc1Cl. The third-order valence-corrected chi connectivity index (χ3v) is 2.59. The second kappa shape index (κ2) is 6.89. The highest BCUT2D eigenvalue weighted by atomic mass is 35.5. The van der Waals surface area contributed by atoms with Gasteiger partial charge in [0.1, 0.15) is 0 Å². The second-order valence-corrected chi connectivity index (χ2v) is 3.90. The summed E-state index contributed by atoms with van der Waals surface area (Å²) >= 11 is 5.92. The van der Waals surface area contributed by atoms with Gasteiger partial charge in [0.15, 0.2) is 0 Å². The molecule has 0 spiro atoms. The monoisotopic (exact) mass is 251 g/mol. The van der Waals surface area contributed by atoms with Crippen LogP contribution in [0.1, 0.15) is 6.92 Å². The molecule has 1 N–H and O–H groups in total. The van der Waals surface area contributed by atoms with Crippen molar-refractivity contribution in [3.05, 3.63) is 29.3 Å². The van der Waals surface area contributed by atoms with Crippen LogP contribution >= 0.6 is 11.6 Å². The number of hydrogen-bond acceptors (Lipinski definition) is 3. The van der Waals surface area contributed by atoms with Crippen molar-refractivity contribution in [3.8, 4) is 6.07 Å². The predicted octanol–water partition coefficient (Wildman–Crippen LogP) is 2.12. The molecule has 0 aromatic heterocycles. The van der Waals surface area contributed by atoms with E-state index in [9.17, 15) is 4.79 Å². The first-order chi connectivity index (χ1) is 8.17. The Morgan fingerprint density at radius 2 is 2.24 bits per heavy atom. The first-order valence-electron chi connectivity index (χ1n) is 5.31. The summed E-state index contributed by atoms with van der Waals surface area (Å²) in [4.78, 5) is 13.4. The van der Waals surface area contributed by atoms with Crippen molar-refractivity contribution in [1.29, 1.82) is 5.26 Å². The molecule has 17 heavy (non-hydrogen) atoms. The Morgan fingerprint density at radius 3 is 2.82 bits per heavy atom. The Bertz CT molecular complexity index is 428. The largest absolute Gasteiger partial charge is 0.324 e. The summed E-state index contributed by atoms with van der Waals surface area (Å²) in [7, 11) is 0. The number of nitrogens with zero attached hydrogens (tertiary/aromatic N) is 2. The Labute approximate surface area is 106 Å². The molecule has 0 unspecified atom stereocenters. The number of carbonyl (C=O) groups excluding carboxylic acids is 1. The van der Waals surface area contributed by atoms with Gasteiger partial charge in [-0.15, -0.1) is 0 Å². The third-order valence-electron chi connectivity index (χ3n) is 2.26. The van der Waals surface area contributed by atoms with Gasteiger partial charge in [-0.2, -0.15) is 5.26 Å². The molecular weight excluding hydrogens is 238 g/mol.